The third-order valence-corrected chi connectivity index (χ3v) is 5.00. The second-order valence-electron chi connectivity index (χ2n) is 6.69. The summed E-state index contributed by atoms with van der Waals surface area (Å²) >= 11 is 9.18. The summed E-state index contributed by atoms with van der Waals surface area (Å²) in [7, 11) is 0. The van der Waals surface area contributed by atoms with Gasteiger partial charge in [-0.2, -0.15) is 5.10 Å². The van der Waals surface area contributed by atoms with Crippen LogP contribution in [-0.2, 0) is 9.59 Å². The fourth-order valence-electron chi connectivity index (χ4n) is 2.66. The maximum absolute atomic E-state index is 12.4. The van der Waals surface area contributed by atoms with Crippen molar-refractivity contribution < 1.29 is 23.9 Å². The number of nitrogens with one attached hydrogen (secondary N) is 2. The molecule has 174 valence electrons. The Bertz CT molecular complexity index is 1210. The van der Waals surface area contributed by atoms with E-state index < -0.39 is 17.8 Å². The van der Waals surface area contributed by atoms with Gasteiger partial charge < -0.3 is 14.8 Å². The first kappa shape index (κ1) is 24.9. The highest BCUT2D eigenvalue weighted by Crippen LogP contribution is 2.23. The third kappa shape index (κ3) is 7.16. The van der Waals surface area contributed by atoms with Crippen LogP contribution in [0.25, 0.3) is 0 Å². The van der Waals surface area contributed by atoms with Gasteiger partial charge >= 0.3 is 17.8 Å². The van der Waals surface area contributed by atoms with Gasteiger partial charge in [0.2, 0.25) is 0 Å². The number of carbonyl (C=O) groups is 3. The van der Waals surface area contributed by atoms with Crippen molar-refractivity contribution in [1.82, 2.24) is 5.43 Å². The monoisotopic (exact) mass is 543 g/mol. The van der Waals surface area contributed by atoms with Crippen LogP contribution in [0, 0.1) is 0 Å². The zero-order valence-electron chi connectivity index (χ0n) is 17.9. The second-order valence-corrected chi connectivity index (χ2v) is 8.04. The van der Waals surface area contributed by atoms with E-state index in [0.29, 0.717) is 38.7 Å². The van der Waals surface area contributed by atoms with E-state index in [4.69, 9.17) is 21.1 Å². The Labute approximate surface area is 209 Å². The van der Waals surface area contributed by atoms with E-state index in [2.05, 4.69) is 31.8 Å². The normalized spacial score (nSPS) is 10.6. The Balaban J connectivity index is 1.62. The van der Waals surface area contributed by atoms with Crippen LogP contribution in [0.3, 0.4) is 0 Å². The topological polar surface area (TPSA) is 106 Å². The van der Waals surface area contributed by atoms with Gasteiger partial charge in [-0.05, 0) is 73.7 Å². The zero-order chi connectivity index (χ0) is 24.5. The summed E-state index contributed by atoms with van der Waals surface area (Å²) in [4.78, 5) is 36.6. The lowest BCUT2D eigenvalue weighted by molar-refractivity contribution is -0.136. The summed E-state index contributed by atoms with van der Waals surface area (Å²) < 4.78 is 11.5. The van der Waals surface area contributed by atoms with Crippen molar-refractivity contribution in [1.29, 1.82) is 0 Å². The molecule has 0 aliphatic carbocycles. The van der Waals surface area contributed by atoms with E-state index in [0.717, 1.165) is 0 Å². The second kappa shape index (κ2) is 12.0. The van der Waals surface area contributed by atoms with Gasteiger partial charge in [0.05, 0.1) is 18.4 Å². The third-order valence-electron chi connectivity index (χ3n) is 4.25. The van der Waals surface area contributed by atoms with Crippen molar-refractivity contribution in [3.05, 3.63) is 87.4 Å². The molecule has 3 aromatic carbocycles. The minimum Gasteiger partial charge on any atom is -0.494 e. The van der Waals surface area contributed by atoms with E-state index in [1.54, 1.807) is 66.7 Å². The highest BCUT2D eigenvalue weighted by molar-refractivity contribution is 9.10. The number of ether oxygens (including phenoxy) is 2. The minimum absolute atomic E-state index is 0.208. The number of rotatable bonds is 7. The lowest BCUT2D eigenvalue weighted by atomic mass is 10.2. The summed E-state index contributed by atoms with van der Waals surface area (Å²) in [5.41, 5.74) is 3.28. The van der Waals surface area contributed by atoms with Crippen molar-refractivity contribution in [2.75, 3.05) is 11.9 Å². The molecule has 0 heterocycles. The number of benzene rings is 3. The highest BCUT2D eigenvalue weighted by atomic mass is 79.9. The molecule has 0 fully saturated rings. The molecule has 10 heteroatoms. The molecule has 0 radical (unpaired) electrons. The predicted octanol–water partition coefficient (Wildman–Crippen LogP) is 4.81. The number of anilines is 1. The summed E-state index contributed by atoms with van der Waals surface area (Å²) in [5, 5.41) is 6.76. The van der Waals surface area contributed by atoms with Gasteiger partial charge in [-0.1, -0.05) is 27.5 Å². The fourth-order valence-corrected chi connectivity index (χ4v) is 3.16. The zero-order valence-corrected chi connectivity index (χ0v) is 20.2. The Kier molecular flexibility index (Phi) is 8.78. The molecule has 0 aliphatic rings. The van der Waals surface area contributed by atoms with Crippen LogP contribution >= 0.6 is 27.5 Å². The maximum Gasteiger partial charge on any atom is 0.343 e. The van der Waals surface area contributed by atoms with E-state index in [-0.39, 0.29) is 5.75 Å². The van der Waals surface area contributed by atoms with Gasteiger partial charge in [0.25, 0.3) is 0 Å². The van der Waals surface area contributed by atoms with Crippen LogP contribution < -0.4 is 20.2 Å². The molecule has 0 unspecified atom stereocenters. The summed E-state index contributed by atoms with van der Waals surface area (Å²) in [6, 6.07) is 17.7. The number of halogens is 2. The number of hydrogen-bond donors (Lipinski definition) is 2. The molecule has 2 amide bonds. The van der Waals surface area contributed by atoms with Crippen LogP contribution in [0.2, 0.25) is 5.02 Å². The first-order valence-electron chi connectivity index (χ1n) is 10.00. The molecule has 0 bridgehead atoms. The lowest BCUT2D eigenvalue weighted by Gasteiger charge is -2.08. The number of esters is 1. The van der Waals surface area contributed by atoms with Crippen molar-refractivity contribution in [2.45, 2.75) is 6.92 Å². The van der Waals surface area contributed by atoms with Crippen molar-refractivity contribution in [2.24, 2.45) is 5.10 Å². The van der Waals surface area contributed by atoms with Crippen molar-refractivity contribution >= 4 is 57.2 Å². The summed E-state index contributed by atoms with van der Waals surface area (Å²) in [6.07, 6.45) is 1.26. The number of hydrazone groups is 1. The molecule has 0 spiro atoms. The molecule has 0 aromatic heterocycles. The average molecular weight is 545 g/mol. The lowest BCUT2D eigenvalue weighted by Crippen LogP contribution is -2.32. The number of nitrogens with zero attached hydrogens (tertiary/aromatic N) is 1. The Hall–Kier alpha value is -3.69. The molecule has 0 atom stereocenters. The Morgan fingerprint density at radius 2 is 1.71 bits per heavy atom. The molecule has 2 N–H and O–H groups in total. The minimum atomic E-state index is -0.972. The van der Waals surface area contributed by atoms with E-state index in [1.165, 1.54) is 6.21 Å². The van der Waals surface area contributed by atoms with E-state index in [9.17, 15) is 14.4 Å². The molecule has 34 heavy (non-hydrogen) atoms. The fraction of sp³-hybridized carbons (Fsp3) is 0.0833. The van der Waals surface area contributed by atoms with Gasteiger partial charge in [-0.15, -0.1) is 0 Å². The van der Waals surface area contributed by atoms with Crippen LogP contribution in [0.4, 0.5) is 5.69 Å². The molecule has 0 saturated heterocycles. The van der Waals surface area contributed by atoms with Gasteiger partial charge in [0.15, 0.2) is 0 Å². The van der Waals surface area contributed by atoms with Crippen molar-refractivity contribution in [3.8, 4) is 11.5 Å². The number of carbonyl (C=O) groups excluding carboxylic acids is 3. The molecular formula is C24H19BrClN3O5. The Morgan fingerprint density at radius 1 is 1.00 bits per heavy atom. The summed E-state index contributed by atoms with van der Waals surface area (Å²) in [6.45, 7) is 2.38. The van der Waals surface area contributed by atoms with Crippen LogP contribution in [0.15, 0.2) is 76.3 Å². The molecule has 8 nitrogen and oxygen atoms in total. The average Bonchev–Trinajstić information content (AvgIpc) is 2.82. The van der Waals surface area contributed by atoms with Crippen LogP contribution in [0.5, 0.6) is 11.5 Å². The largest absolute Gasteiger partial charge is 0.494 e. The quantitative estimate of drug-likeness (QED) is 0.146. The van der Waals surface area contributed by atoms with Crippen molar-refractivity contribution in [3.63, 3.8) is 0 Å². The Morgan fingerprint density at radius 3 is 2.38 bits per heavy atom. The SMILES string of the molecule is CCOc1ccc(NC(=O)C(=O)NN=Cc2cc(Br)ccc2OC(=O)c2ccc(Cl)cc2)cc1. The van der Waals surface area contributed by atoms with Gasteiger partial charge in [-0.25, -0.2) is 10.2 Å². The highest BCUT2D eigenvalue weighted by Gasteiger charge is 2.14. The maximum atomic E-state index is 12.4. The van der Waals surface area contributed by atoms with Crippen LogP contribution in [-0.4, -0.2) is 30.6 Å². The molecule has 0 saturated carbocycles. The first-order valence-corrected chi connectivity index (χ1v) is 11.2. The molecule has 0 aliphatic heterocycles. The van der Waals surface area contributed by atoms with Gasteiger partial charge in [0, 0.05) is 20.7 Å². The van der Waals surface area contributed by atoms with Gasteiger partial charge in [-0.3, -0.25) is 9.59 Å². The standard InChI is InChI=1S/C24H19BrClN3O5/c1-2-33-20-10-8-19(9-11-20)28-22(30)23(31)29-27-14-16-13-17(25)5-12-21(16)34-24(32)15-3-6-18(26)7-4-15/h3-14H,2H2,1H3,(H,28,30)(H,29,31). The number of hydrogen-bond acceptors (Lipinski definition) is 6. The molecular weight excluding hydrogens is 526 g/mol. The van der Waals surface area contributed by atoms with Gasteiger partial charge in [0.1, 0.15) is 11.5 Å². The van der Waals surface area contributed by atoms with Crippen LogP contribution in [0.1, 0.15) is 22.8 Å². The smallest absolute Gasteiger partial charge is 0.343 e. The summed E-state index contributed by atoms with van der Waals surface area (Å²) in [5.74, 6) is -1.60. The molecule has 3 aromatic rings. The van der Waals surface area contributed by atoms with E-state index in [1.807, 2.05) is 6.92 Å². The first-order chi connectivity index (χ1) is 16.4. The van der Waals surface area contributed by atoms with E-state index >= 15 is 0 Å². The predicted molar refractivity (Wildman–Crippen MR) is 133 cm³/mol. The molecule has 3 rings (SSSR count). The number of amides is 2.